The minimum Gasteiger partial charge on any atom is -0.446 e. The van der Waals surface area contributed by atoms with Gasteiger partial charge in [-0.3, -0.25) is 29.4 Å². The molecule has 6 amide bonds. The molecule has 18 nitrogen and oxygen atoms in total. The summed E-state index contributed by atoms with van der Waals surface area (Å²) in [6.45, 7) is 6.40. The first-order valence-electron chi connectivity index (χ1n) is 25.6. The van der Waals surface area contributed by atoms with E-state index in [0.717, 1.165) is 62.8 Å². The predicted molar refractivity (Wildman–Crippen MR) is 280 cm³/mol. The van der Waals surface area contributed by atoms with Crippen molar-refractivity contribution >= 4 is 105 Å². The quantitative estimate of drug-likeness (QED) is 0.0621. The molecule has 4 heterocycles. The summed E-state index contributed by atoms with van der Waals surface area (Å²) in [7, 11) is 0. The molecule has 0 spiro atoms. The SMILES string of the molecule is CC(C(=O)Nc1cc([C@@H]2CC[C@@H](OC(=O)NC3(CC4CC(=O)N(c5ccc(C(C)C(=O)Nc6cc([C@H]7CC[C@@H](OC(=O)NC8(C)CC8)C7)[nH]n6)c(Cl)c5Cl)C4)CC3)C2)[nH]n1)c1ccc(N2CCCC2=O)c(Cl)c1Cl. The van der Waals surface area contributed by atoms with Crippen LogP contribution in [0.5, 0.6) is 0 Å². The Balaban J connectivity index is 0.668. The van der Waals surface area contributed by atoms with Crippen LogP contribution in [0.1, 0.15) is 157 Å². The lowest BCUT2D eigenvalue weighted by Gasteiger charge is -2.24. The van der Waals surface area contributed by atoms with Gasteiger partial charge in [0.2, 0.25) is 23.6 Å². The normalized spacial score (nSPS) is 24.4. The van der Waals surface area contributed by atoms with E-state index < -0.39 is 23.5 Å². The number of ether oxygens (including phenoxy) is 2. The number of anilines is 4. The first-order chi connectivity index (χ1) is 35.3. The Morgan fingerprint density at radius 1 is 0.703 bits per heavy atom. The minimum absolute atomic E-state index is 0.0130. The lowest BCUT2D eigenvalue weighted by Crippen LogP contribution is -2.40. The number of amides is 6. The molecule has 2 aliphatic heterocycles. The van der Waals surface area contributed by atoms with E-state index in [1.165, 1.54) is 0 Å². The van der Waals surface area contributed by atoms with Gasteiger partial charge in [0.25, 0.3) is 0 Å². The number of halogens is 4. The number of H-pyrrole nitrogens is 2. The molecule has 74 heavy (non-hydrogen) atoms. The Morgan fingerprint density at radius 2 is 1.22 bits per heavy atom. The number of carbonyl (C=O) groups excluding carboxylic acids is 6. The van der Waals surface area contributed by atoms with Crippen LogP contribution in [0, 0.1) is 5.92 Å². The Labute approximate surface area is 448 Å². The van der Waals surface area contributed by atoms with E-state index in [0.29, 0.717) is 79.3 Å². The maximum Gasteiger partial charge on any atom is 0.407 e. The number of carbonyl (C=O) groups is 6. The van der Waals surface area contributed by atoms with E-state index >= 15 is 0 Å². The van der Waals surface area contributed by atoms with Crippen molar-refractivity contribution in [3.05, 3.63) is 79.0 Å². The van der Waals surface area contributed by atoms with Gasteiger partial charge in [0.05, 0.1) is 43.3 Å². The average molecular weight is 1090 g/mol. The third kappa shape index (κ3) is 11.2. The third-order valence-electron chi connectivity index (χ3n) is 16.0. The van der Waals surface area contributed by atoms with Gasteiger partial charge in [0, 0.05) is 72.4 Å². The highest BCUT2D eigenvalue weighted by atomic mass is 35.5. The summed E-state index contributed by atoms with van der Waals surface area (Å²) in [6, 6.07) is 10.5. The number of rotatable bonds is 16. The topological polar surface area (TPSA) is 233 Å². The van der Waals surface area contributed by atoms with Gasteiger partial charge in [0.15, 0.2) is 11.6 Å². The van der Waals surface area contributed by atoms with Gasteiger partial charge in [-0.1, -0.05) is 58.5 Å². The maximum atomic E-state index is 13.5. The van der Waals surface area contributed by atoms with Crippen LogP contribution in [0.15, 0.2) is 36.4 Å². The van der Waals surface area contributed by atoms with E-state index in [4.69, 9.17) is 55.9 Å². The molecule has 10 rings (SSSR count). The molecular weight excluding hydrogens is 1030 g/mol. The number of aromatic amines is 2. The van der Waals surface area contributed by atoms with Crippen molar-refractivity contribution in [3.63, 3.8) is 0 Å². The Bertz CT molecular complexity index is 2880. The first-order valence-corrected chi connectivity index (χ1v) is 27.1. The lowest BCUT2D eigenvalue weighted by atomic mass is 9.97. The number of aromatic nitrogens is 4. The number of alkyl carbamates (subject to hydrolysis) is 2. The highest BCUT2D eigenvalue weighted by molar-refractivity contribution is 6.45. The largest absolute Gasteiger partial charge is 0.446 e. The lowest BCUT2D eigenvalue weighted by molar-refractivity contribution is -0.118. The number of nitrogens with zero attached hydrogens (tertiary/aromatic N) is 4. The number of nitrogens with one attached hydrogen (secondary N) is 6. The summed E-state index contributed by atoms with van der Waals surface area (Å²) in [5.74, 6) is -1.36. The highest BCUT2D eigenvalue weighted by Gasteiger charge is 2.49. The van der Waals surface area contributed by atoms with Crippen molar-refractivity contribution in [2.45, 2.75) is 158 Å². The molecule has 4 aliphatic carbocycles. The van der Waals surface area contributed by atoms with Gasteiger partial charge in [-0.15, -0.1) is 0 Å². The van der Waals surface area contributed by atoms with Gasteiger partial charge in [0.1, 0.15) is 12.2 Å². The molecule has 2 aromatic heterocycles. The highest BCUT2D eigenvalue weighted by Crippen LogP contribution is 2.47. The molecule has 0 radical (unpaired) electrons. The second-order valence-corrected chi connectivity index (χ2v) is 23.0. The summed E-state index contributed by atoms with van der Waals surface area (Å²) < 4.78 is 11.6. The Hall–Kier alpha value is -5.56. The molecule has 2 saturated heterocycles. The van der Waals surface area contributed by atoms with Crippen molar-refractivity contribution < 1.29 is 38.2 Å². The fourth-order valence-electron chi connectivity index (χ4n) is 11.1. The van der Waals surface area contributed by atoms with Gasteiger partial charge in [-0.25, -0.2) is 9.59 Å². The zero-order valence-corrected chi connectivity index (χ0v) is 44.4. The molecule has 4 saturated carbocycles. The van der Waals surface area contributed by atoms with Gasteiger partial charge in [-0.05, 0) is 127 Å². The Kier molecular flexibility index (Phi) is 14.6. The van der Waals surface area contributed by atoms with Crippen LogP contribution in [0.4, 0.5) is 32.6 Å². The third-order valence-corrected chi connectivity index (χ3v) is 17.7. The summed E-state index contributed by atoms with van der Waals surface area (Å²) in [5, 5.41) is 27.3. The standard InChI is InChI=1S/C52H60Cl4N10O8/c1-26(33-10-12-37(45(55)43(33)53)65-18-4-5-41(65)67)47(69)57-40-23-36(62-64-40)30-7-9-32(21-30)74-50(72)60-52(16-17-52)24-28-19-42(68)66(25-28)38-13-11-34(44(54)46(38)56)27(2)48(70)58-39-22-35(61-63-39)29-6-8-31(20-29)73-49(71)59-51(3)14-15-51/h10-13,22-23,26-32H,4-9,14-21,24-25H2,1-3H3,(H,59,71)(H,60,72)(H2,57,62,64,69)(H2,58,61,63,70)/t26?,27?,28?,29-,30+,31+,32+/m0/s1. The molecule has 3 unspecified atom stereocenters. The zero-order valence-electron chi connectivity index (χ0n) is 41.4. The molecule has 6 N–H and O–H groups in total. The fourth-order valence-corrected chi connectivity index (χ4v) is 12.3. The van der Waals surface area contributed by atoms with Gasteiger partial charge < -0.3 is 40.5 Å². The van der Waals surface area contributed by atoms with Crippen LogP contribution in [-0.2, 0) is 28.7 Å². The molecule has 394 valence electrons. The summed E-state index contributed by atoms with van der Waals surface area (Å²) in [5.41, 5.74) is 3.07. The van der Waals surface area contributed by atoms with Crippen molar-refractivity contribution in [2.75, 3.05) is 33.5 Å². The summed E-state index contributed by atoms with van der Waals surface area (Å²) >= 11 is 26.9. The first kappa shape index (κ1) is 51.9. The average Bonchev–Trinajstić information content (AvgIpc) is 3.83. The van der Waals surface area contributed by atoms with Crippen LogP contribution in [-0.4, -0.2) is 92.6 Å². The van der Waals surface area contributed by atoms with Crippen LogP contribution in [0.2, 0.25) is 20.1 Å². The molecule has 4 aromatic rings. The summed E-state index contributed by atoms with van der Waals surface area (Å²) in [6.07, 6.45) is 8.34. The molecule has 7 atom stereocenters. The van der Waals surface area contributed by atoms with E-state index in [2.05, 4.69) is 41.7 Å². The number of hydrogen-bond acceptors (Lipinski definition) is 10. The molecule has 0 bridgehead atoms. The Morgan fingerprint density at radius 3 is 1.70 bits per heavy atom. The van der Waals surface area contributed by atoms with E-state index in [1.807, 2.05) is 6.92 Å². The predicted octanol–water partition coefficient (Wildman–Crippen LogP) is 10.6. The van der Waals surface area contributed by atoms with Gasteiger partial charge >= 0.3 is 12.2 Å². The fraction of sp³-hybridized carbons (Fsp3) is 0.538. The monoisotopic (exact) mass is 1090 g/mol. The minimum atomic E-state index is -0.705. The number of benzene rings is 2. The van der Waals surface area contributed by atoms with Crippen molar-refractivity contribution in [1.29, 1.82) is 0 Å². The second kappa shape index (κ2) is 20.9. The van der Waals surface area contributed by atoms with E-state index in [9.17, 15) is 28.8 Å². The van der Waals surface area contributed by atoms with Crippen molar-refractivity contribution in [1.82, 2.24) is 31.0 Å². The van der Waals surface area contributed by atoms with Crippen molar-refractivity contribution in [3.8, 4) is 0 Å². The molecular formula is C52H60Cl4N10O8. The zero-order chi connectivity index (χ0) is 52.2. The molecule has 22 heteroatoms. The molecule has 2 aromatic carbocycles. The maximum absolute atomic E-state index is 13.5. The smallest absolute Gasteiger partial charge is 0.407 e. The van der Waals surface area contributed by atoms with Crippen LogP contribution < -0.4 is 31.1 Å². The van der Waals surface area contributed by atoms with E-state index in [1.54, 1.807) is 60.0 Å². The van der Waals surface area contributed by atoms with Crippen LogP contribution in [0.3, 0.4) is 0 Å². The summed E-state index contributed by atoms with van der Waals surface area (Å²) in [4.78, 5) is 81.5. The van der Waals surface area contributed by atoms with Crippen LogP contribution in [0.25, 0.3) is 0 Å². The van der Waals surface area contributed by atoms with Crippen LogP contribution >= 0.6 is 46.4 Å². The van der Waals surface area contributed by atoms with Gasteiger partial charge in [-0.2, -0.15) is 10.2 Å². The molecule has 6 fully saturated rings. The number of hydrogen-bond donors (Lipinski definition) is 6. The molecule has 6 aliphatic rings. The second-order valence-electron chi connectivity index (χ2n) is 21.5. The van der Waals surface area contributed by atoms with E-state index in [-0.39, 0.29) is 91.7 Å². The van der Waals surface area contributed by atoms with Crippen molar-refractivity contribution in [2.24, 2.45) is 5.92 Å².